The standard InChI is InChI=1S/C14H19N3O2S/c1-4-18-13(19-5-2)12-15-16-14(20)17(12)11-8-6-10(3)7-9-11/h6-9,13H,4-5H2,1-3H3,(H,16,20). The molecule has 0 N–H and O–H groups in total. The lowest BCUT2D eigenvalue weighted by Gasteiger charge is -2.17. The summed E-state index contributed by atoms with van der Waals surface area (Å²) in [6.45, 7) is 6.95. The number of thiol groups is 1. The molecule has 108 valence electrons. The average molecular weight is 293 g/mol. The maximum Gasteiger partial charge on any atom is 0.219 e. The number of ether oxygens (including phenoxy) is 2. The molecule has 20 heavy (non-hydrogen) atoms. The van der Waals surface area contributed by atoms with Crippen molar-refractivity contribution < 1.29 is 9.47 Å². The summed E-state index contributed by atoms with van der Waals surface area (Å²) in [6.07, 6.45) is -0.542. The number of rotatable bonds is 6. The predicted molar refractivity (Wildman–Crippen MR) is 79.3 cm³/mol. The Labute approximate surface area is 124 Å². The van der Waals surface area contributed by atoms with Crippen LogP contribution in [0.5, 0.6) is 0 Å². The number of hydrogen-bond donors (Lipinski definition) is 1. The van der Waals surface area contributed by atoms with Gasteiger partial charge in [-0.15, -0.1) is 22.8 Å². The fourth-order valence-corrected chi connectivity index (χ4v) is 2.14. The van der Waals surface area contributed by atoms with E-state index in [9.17, 15) is 0 Å². The predicted octanol–water partition coefficient (Wildman–Crippen LogP) is 2.94. The quantitative estimate of drug-likeness (QED) is 0.657. The molecule has 0 saturated carbocycles. The van der Waals surface area contributed by atoms with Crippen LogP contribution in [0.2, 0.25) is 0 Å². The molecule has 0 radical (unpaired) electrons. The highest BCUT2D eigenvalue weighted by molar-refractivity contribution is 7.80. The summed E-state index contributed by atoms with van der Waals surface area (Å²) in [6, 6.07) is 8.05. The van der Waals surface area contributed by atoms with Gasteiger partial charge in [0.25, 0.3) is 0 Å². The molecule has 5 nitrogen and oxygen atoms in total. The fraction of sp³-hybridized carbons (Fsp3) is 0.429. The minimum absolute atomic E-state index is 0.508. The Kier molecular flexibility index (Phi) is 5.17. The van der Waals surface area contributed by atoms with E-state index >= 15 is 0 Å². The van der Waals surface area contributed by atoms with Gasteiger partial charge in [-0.1, -0.05) is 17.7 Å². The van der Waals surface area contributed by atoms with E-state index in [-0.39, 0.29) is 0 Å². The summed E-state index contributed by atoms with van der Waals surface area (Å²) in [4.78, 5) is 0. The molecule has 1 aromatic heterocycles. The molecule has 6 heteroatoms. The number of benzene rings is 1. The van der Waals surface area contributed by atoms with Crippen LogP contribution in [0.4, 0.5) is 0 Å². The Balaban J connectivity index is 2.42. The first-order chi connectivity index (χ1) is 9.67. The fourth-order valence-electron chi connectivity index (χ4n) is 1.88. The summed E-state index contributed by atoms with van der Waals surface area (Å²) >= 11 is 4.37. The van der Waals surface area contributed by atoms with Crippen molar-refractivity contribution in [3.63, 3.8) is 0 Å². The highest BCUT2D eigenvalue weighted by Gasteiger charge is 2.21. The Bertz CT molecular complexity index is 548. The van der Waals surface area contributed by atoms with Crippen molar-refractivity contribution in [3.05, 3.63) is 35.7 Å². The third-order valence-corrected chi connectivity index (χ3v) is 3.10. The van der Waals surface area contributed by atoms with Gasteiger partial charge in [-0.25, -0.2) is 0 Å². The lowest BCUT2D eigenvalue weighted by molar-refractivity contribution is -0.146. The highest BCUT2D eigenvalue weighted by atomic mass is 32.1. The maximum absolute atomic E-state index is 5.59. The van der Waals surface area contributed by atoms with Crippen LogP contribution in [0.1, 0.15) is 31.5 Å². The van der Waals surface area contributed by atoms with Gasteiger partial charge in [0.2, 0.25) is 6.29 Å². The van der Waals surface area contributed by atoms with E-state index in [0.29, 0.717) is 24.2 Å². The van der Waals surface area contributed by atoms with Crippen LogP contribution in [-0.4, -0.2) is 28.0 Å². The van der Waals surface area contributed by atoms with E-state index in [4.69, 9.17) is 9.47 Å². The third kappa shape index (κ3) is 3.20. The van der Waals surface area contributed by atoms with E-state index < -0.39 is 6.29 Å². The Hall–Kier alpha value is -1.37. The summed E-state index contributed by atoms with van der Waals surface area (Å²) in [5.74, 6) is 0.600. The summed E-state index contributed by atoms with van der Waals surface area (Å²) in [5.41, 5.74) is 2.13. The zero-order chi connectivity index (χ0) is 14.5. The van der Waals surface area contributed by atoms with Crippen LogP contribution in [0, 0.1) is 6.92 Å². The topological polar surface area (TPSA) is 49.2 Å². The molecule has 1 aromatic carbocycles. The highest BCUT2D eigenvalue weighted by Crippen LogP contribution is 2.24. The van der Waals surface area contributed by atoms with Crippen LogP contribution >= 0.6 is 12.6 Å². The SMILES string of the molecule is CCOC(OCC)c1nnc(S)n1-c1ccc(C)cc1. The lowest BCUT2D eigenvalue weighted by Crippen LogP contribution is -2.15. The summed E-state index contributed by atoms with van der Waals surface area (Å²) in [7, 11) is 0. The molecule has 2 aromatic rings. The van der Waals surface area contributed by atoms with Crippen molar-refractivity contribution in [2.24, 2.45) is 0 Å². The molecule has 0 unspecified atom stereocenters. The molecule has 0 atom stereocenters. The number of aromatic nitrogens is 3. The normalized spacial score (nSPS) is 11.2. The second-order valence-corrected chi connectivity index (χ2v) is 4.67. The first-order valence-electron chi connectivity index (χ1n) is 6.61. The zero-order valence-electron chi connectivity index (χ0n) is 11.9. The molecule has 2 rings (SSSR count). The van der Waals surface area contributed by atoms with Crippen LogP contribution in [-0.2, 0) is 9.47 Å². The van der Waals surface area contributed by atoms with Crippen molar-refractivity contribution in [3.8, 4) is 5.69 Å². The summed E-state index contributed by atoms with van der Waals surface area (Å²) in [5, 5.41) is 8.66. The van der Waals surface area contributed by atoms with Crippen LogP contribution in [0.25, 0.3) is 5.69 Å². The number of hydrogen-bond acceptors (Lipinski definition) is 5. The van der Waals surface area contributed by atoms with E-state index in [1.54, 1.807) is 0 Å². The molecule has 0 saturated heterocycles. The smallest absolute Gasteiger partial charge is 0.219 e. The molecule has 0 spiro atoms. The Morgan fingerprint density at radius 2 is 1.70 bits per heavy atom. The van der Waals surface area contributed by atoms with Crippen molar-refractivity contribution >= 4 is 12.6 Å². The third-order valence-electron chi connectivity index (χ3n) is 2.81. The van der Waals surface area contributed by atoms with Gasteiger partial charge in [-0.2, -0.15) is 0 Å². The Morgan fingerprint density at radius 3 is 2.25 bits per heavy atom. The second kappa shape index (κ2) is 6.88. The van der Waals surface area contributed by atoms with Crippen LogP contribution in [0.15, 0.2) is 29.4 Å². The minimum Gasteiger partial charge on any atom is -0.346 e. The van der Waals surface area contributed by atoms with Crippen molar-refractivity contribution in [1.29, 1.82) is 0 Å². The van der Waals surface area contributed by atoms with E-state index in [1.807, 2.05) is 49.6 Å². The first-order valence-corrected chi connectivity index (χ1v) is 7.06. The number of aryl methyl sites for hydroxylation is 1. The number of nitrogens with zero attached hydrogens (tertiary/aromatic N) is 3. The lowest BCUT2D eigenvalue weighted by atomic mass is 10.2. The van der Waals surface area contributed by atoms with Crippen LogP contribution < -0.4 is 0 Å². The van der Waals surface area contributed by atoms with E-state index in [0.717, 1.165) is 5.69 Å². The molecule has 0 aliphatic heterocycles. The summed E-state index contributed by atoms with van der Waals surface area (Å²) < 4.78 is 13.0. The molecule has 0 amide bonds. The van der Waals surface area contributed by atoms with Gasteiger partial charge >= 0.3 is 0 Å². The van der Waals surface area contributed by atoms with Gasteiger partial charge in [0.05, 0.1) is 0 Å². The largest absolute Gasteiger partial charge is 0.346 e. The first kappa shape index (κ1) is 15.0. The molecule has 0 aliphatic carbocycles. The van der Waals surface area contributed by atoms with Gasteiger partial charge in [0.1, 0.15) is 0 Å². The molecule has 1 heterocycles. The van der Waals surface area contributed by atoms with Gasteiger partial charge in [-0.05, 0) is 32.9 Å². The minimum atomic E-state index is -0.542. The van der Waals surface area contributed by atoms with Gasteiger partial charge in [0.15, 0.2) is 11.0 Å². The van der Waals surface area contributed by atoms with E-state index in [2.05, 4.69) is 22.8 Å². The average Bonchev–Trinajstić information content (AvgIpc) is 2.81. The van der Waals surface area contributed by atoms with E-state index in [1.165, 1.54) is 5.56 Å². The monoisotopic (exact) mass is 293 g/mol. The molecule has 0 bridgehead atoms. The van der Waals surface area contributed by atoms with Crippen molar-refractivity contribution in [2.75, 3.05) is 13.2 Å². The van der Waals surface area contributed by atoms with Gasteiger partial charge in [-0.3, -0.25) is 4.57 Å². The Morgan fingerprint density at radius 1 is 1.10 bits per heavy atom. The van der Waals surface area contributed by atoms with Crippen LogP contribution in [0.3, 0.4) is 0 Å². The molecule has 0 aliphatic rings. The van der Waals surface area contributed by atoms with Gasteiger partial charge < -0.3 is 9.47 Å². The zero-order valence-corrected chi connectivity index (χ0v) is 12.8. The molecular weight excluding hydrogens is 274 g/mol. The molecule has 0 fully saturated rings. The molecular formula is C14H19N3O2S. The maximum atomic E-state index is 5.59. The van der Waals surface area contributed by atoms with Gasteiger partial charge in [0, 0.05) is 18.9 Å². The van der Waals surface area contributed by atoms with Crippen molar-refractivity contribution in [2.45, 2.75) is 32.2 Å². The second-order valence-electron chi connectivity index (χ2n) is 4.27. The van der Waals surface area contributed by atoms with Crippen molar-refractivity contribution in [1.82, 2.24) is 14.8 Å².